The second-order valence-corrected chi connectivity index (χ2v) is 9.58. The fourth-order valence-electron chi connectivity index (χ4n) is 3.44. The fourth-order valence-corrected chi connectivity index (χ4v) is 6.29. The van der Waals surface area contributed by atoms with Gasteiger partial charge in [-0.25, -0.2) is 0 Å². The van der Waals surface area contributed by atoms with Gasteiger partial charge in [0, 0.05) is 21.0 Å². The molecular formula is C18H16BrNO2S2. The molecule has 0 spiro atoms. The number of benzene rings is 1. The first-order chi connectivity index (χ1) is 11.6. The van der Waals surface area contributed by atoms with Gasteiger partial charge in [0.25, 0.3) is 0 Å². The smallest absolute Gasteiger partial charge is 0.320 e. The third-order valence-corrected chi connectivity index (χ3v) is 7.33. The lowest BCUT2D eigenvalue weighted by Crippen LogP contribution is -2.38. The molecule has 124 valence electrons. The number of hydrogen-bond donors (Lipinski definition) is 1. The number of carboxylic acid groups (broad SMARTS) is 1. The molecule has 3 heterocycles. The lowest BCUT2D eigenvalue weighted by Gasteiger charge is -2.29. The predicted octanol–water partition coefficient (Wildman–Crippen LogP) is 5.36. The Labute approximate surface area is 156 Å². The number of carboxylic acids is 1. The number of hydrogen-bond acceptors (Lipinski definition) is 4. The number of aliphatic carboxylic acids is 1. The molecule has 0 bridgehead atoms. The summed E-state index contributed by atoms with van der Waals surface area (Å²) in [5.74, 6) is -0.714. The van der Waals surface area contributed by atoms with E-state index in [1.807, 2.05) is 12.1 Å². The van der Waals surface area contributed by atoms with Crippen LogP contribution in [0.3, 0.4) is 0 Å². The SMILES string of the molecule is O=C(O)C1CCCN1C(c1ccc(Br)s1)c1cc2ccccc2s1. The van der Waals surface area contributed by atoms with E-state index in [9.17, 15) is 9.90 Å². The molecule has 24 heavy (non-hydrogen) atoms. The van der Waals surface area contributed by atoms with Crippen molar-refractivity contribution >= 4 is 54.7 Å². The van der Waals surface area contributed by atoms with E-state index in [4.69, 9.17) is 0 Å². The quantitative estimate of drug-likeness (QED) is 0.615. The van der Waals surface area contributed by atoms with Crippen LogP contribution in [0.15, 0.2) is 46.3 Å². The Bertz CT molecular complexity index is 855. The van der Waals surface area contributed by atoms with Crippen molar-refractivity contribution in [3.05, 3.63) is 56.0 Å². The lowest BCUT2D eigenvalue weighted by atomic mass is 10.1. The highest BCUT2D eigenvalue weighted by Crippen LogP contribution is 2.43. The van der Waals surface area contributed by atoms with Gasteiger partial charge in [0.1, 0.15) is 6.04 Å². The third-order valence-electron chi connectivity index (χ3n) is 4.49. The summed E-state index contributed by atoms with van der Waals surface area (Å²) in [6.45, 7) is 0.825. The molecule has 1 N–H and O–H groups in total. The zero-order valence-corrected chi connectivity index (χ0v) is 16.0. The van der Waals surface area contributed by atoms with Crippen LogP contribution in [-0.2, 0) is 4.79 Å². The van der Waals surface area contributed by atoms with Crippen LogP contribution in [0.4, 0.5) is 0 Å². The topological polar surface area (TPSA) is 40.5 Å². The van der Waals surface area contributed by atoms with Crippen molar-refractivity contribution < 1.29 is 9.90 Å². The Morgan fingerprint density at radius 1 is 1.21 bits per heavy atom. The molecule has 1 aliphatic heterocycles. The maximum atomic E-state index is 11.7. The van der Waals surface area contributed by atoms with Gasteiger partial charge >= 0.3 is 5.97 Å². The number of nitrogens with zero attached hydrogens (tertiary/aromatic N) is 1. The summed E-state index contributed by atoms with van der Waals surface area (Å²) in [5, 5.41) is 10.9. The summed E-state index contributed by atoms with van der Waals surface area (Å²) in [4.78, 5) is 16.3. The van der Waals surface area contributed by atoms with Crippen LogP contribution in [0.25, 0.3) is 10.1 Å². The first kappa shape index (κ1) is 16.3. The summed E-state index contributed by atoms with van der Waals surface area (Å²) >= 11 is 7.00. The fraction of sp³-hybridized carbons (Fsp3) is 0.278. The lowest BCUT2D eigenvalue weighted by molar-refractivity contribution is -0.142. The van der Waals surface area contributed by atoms with E-state index in [1.54, 1.807) is 22.7 Å². The van der Waals surface area contributed by atoms with Gasteiger partial charge in [-0.15, -0.1) is 22.7 Å². The van der Waals surface area contributed by atoms with Crippen molar-refractivity contribution in [2.75, 3.05) is 6.54 Å². The maximum Gasteiger partial charge on any atom is 0.320 e. The zero-order chi connectivity index (χ0) is 16.7. The molecule has 4 rings (SSSR count). The summed E-state index contributed by atoms with van der Waals surface area (Å²) in [7, 11) is 0. The largest absolute Gasteiger partial charge is 0.480 e. The van der Waals surface area contributed by atoms with Crippen LogP contribution >= 0.6 is 38.6 Å². The van der Waals surface area contributed by atoms with E-state index in [0.29, 0.717) is 0 Å². The van der Waals surface area contributed by atoms with Crippen molar-refractivity contribution in [2.45, 2.75) is 24.9 Å². The van der Waals surface area contributed by atoms with Gasteiger partial charge in [-0.2, -0.15) is 0 Å². The molecule has 0 aliphatic carbocycles. The van der Waals surface area contributed by atoms with E-state index < -0.39 is 12.0 Å². The van der Waals surface area contributed by atoms with Crippen molar-refractivity contribution in [1.29, 1.82) is 0 Å². The Kier molecular flexibility index (Phi) is 4.47. The summed E-state index contributed by atoms with van der Waals surface area (Å²) < 4.78 is 2.33. The molecule has 1 saturated heterocycles. The molecule has 6 heteroatoms. The zero-order valence-electron chi connectivity index (χ0n) is 12.8. The van der Waals surface area contributed by atoms with Crippen molar-refractivity contribution in [3.8, 4) is 0 Å². The molecule has 2 aromatic heterocycles. The van der Waals surface area contributed by atoms with Crippen LogP contribution in [0.1, 0.15) is 28.6 Å². The summed E-state index contributed by atoms with van der Waals surface area (Å²) in [5.41, 5.74) is 0. The van der Waals surface area contributed by atoms with Gasteiger partial charge in [0.15, 0.2) is 0 Å². The first-order valence-electron chi connectivity index (χ1n) is 7.86. The molecular weight excluding hydrogens is 406 g/mol. The normalized spacial score (nSPS) is 19.8. The minimum Gasteiger partial charge on any atom is -0.480 e. The number of likely N-dealkylation sites (tertiary alicyclic amines) is 1. The molecule has 0 amide bonds. The van der Waals surface area contributed by atoms with E-state index in [2.05, 4.69) is 51.2 Å². The van der Waals surface area contributed by atoms with Gasteiger partial charge in [0.2, 0.25) is 0 Å². The van der Waals surface area contributed by atoms with Gasteiger partial charge < -0.3 is 5.11 Å². The number of thiophene rings is 2. The molecule has 1 aromatic carbocycles. The van der Waals surface area contributed by atoms with Gasteiger partial charge in [0.05, 0.1) is 9.83 Å². The van der Waals surface area contributed by atoms with Crippen molar-refractivity contribution in [2.24, 2.45) is 0 Å². The minimum atomic E-state index is -0.714. The van der Waals surface area contributed by atoms with E-state index in [-0.39, 0.29) is 6.04 Å². The highest BCUT2D eigenvalue weighted by molar-refractivity contribution is 9.11. The molecule has 0 radical (unpaired) electrons. The van der Waals surface area contributed by atoms with Crippen LogP contribution in [0, 0.1) is 0 Å². The van der Waals surface area contributed by atoms with Crippen LogP contribution in [0.2, 0.25) is 0 Å². The Balaban J connectivity index is 1.82. The van der Waals surface area contributed by atoms with Crippen LogP contribution in [0.5, 0.6) is 0 Å². The highest BCUT2D eigenvalue weighted by atomic mass is 79.9. The first-order valence-corrected chi connectivity index (χ1v) is 10.3. The summed E-state index contributed by atoms with van der Waals surface area (Å²) in [6.07, 6.45) is 1.66. The number of rotatable bonds is 4. The van der Waals surface area contributed by atoms with E-state index in [0.717, 1.165) is 23.2 Å². The highest BCUT2D eigenvalue weighted by Gasteiger charge is 2.38. The second-order valence-electron chi connectivity index (χ2n) is 5.97. The monoisotopic (exact) mass is 421 g/mol. The standard InChI is InChI=1S/C18H16BrNO2S2/c19-16-8-7-14(24-16)17(20-9-3-5-12(20)18(21)22)15-10-11-4-1-2-6-13(11)23-15/h1-2,4,6-8,10,12,17H,3,5,9H2,(H,21,22). The van der Waals surface area contributed by atoms with E-state index >= 15 is 0 Å². The Morgan fingerprint density at radius 3 is 2.75 bits per heavy atom. The molecule has 2 atom stereocenters. The molecule has 1 aliphatic rings. The third kappa shape index (κ3) is 2.92. The Hall–Kier alpha value is -1.21. The number of fused-ring (bicyclic) bond motifs is 1. The van der Waals surface area contributed by atoms with Gasteiger partial charge in [-0.1, -0.05) is 18.2 Å². The van der Waals surface area contributed by atoms with Crippen LogP contribution < -0.4 is 0 Å². The van der Waals surface area contributed by atoms with Crippen LogP contribution in [-0.4, -0.2) is 28.6 Å². The van der Waals surface area contributed by atoms with Gasteiger partial charge in [-0.05, 0) is 58.4 Å². The molecule has 3 aromatic rings. The van der Waals surface area contributed by atoms with Crippen molar-refractivity contribution in [1.82, 2.24) is 4.90 Å². The average molecular weight is 422 g/mol. The number of halogens is 1. The maximum absolute atomic E-state index is 11.7. The average Bonchev–Trinajstić information content (AvgIpc) is 3.27. The minimum absolute atomic E-state index is 0.0160. The molecule has 0 saturated carbocycles. The van der Waals surface area contributed by atoms with Crippen molar-refractivity contribution in [3.63, 3.8) is 0 Å². The molecule has 1 fully saturated rings. The molecule has 2 unspecified atom stereocenters. The van der Waals surface area contributed by atoms with Gasteiger partial charge in [-0.3, -0.25) is 9.69 Å². The molecule has 3 nitrogen and oxygen atoms in total. The predicted molar refractivity (Wildman–Crippen MR) is 103 cm³/mol. The number of carbonyl (C=O) groups is 1. The van der Waals surface area contributed by atoms with E-state index in [1.165, 1.54) is 19.8 Å². The Morgan fingerprint density at radius 2 is 2.04 bits per heavy atom. The summed E-state index contributed by atoms with van der Waals surface area (Å²) in [6, 6.07) is 14.3. The second kappa shape index (κ2) is 6.59.